The first-order chi connectivity index (χ1) is 16.8. The number of fused-ring (bicyclic) bond motifs is 1. The van der Waals surface area contributed by atoms with Crippen LogP contribution in [-0.2, 0) is 13.0 Å². The fraction of sp³-hybridized carbons (Fsp3) is 0.276. The first kappa shape index (κ1) is 22.8. The number of aromatic nitrogens is 4. The Bertz CT molecular complexity index is 1530. The summed E-state index contributed by atoms with van der Waals surface area (Å²) in [6, 6.07) is 16.7. The fourth-order valence-corrected chi connectivity index (χ4v) is 4.39. The van der Waals surface area contributed by atoms with Gasteiger partial charge in [0.1, 0.15) is 18.1 Å². The molecule has 6 nitrogen and oxygen atoms in total. The minimum atomic E-state index is 0.274. The van der Waals surface area contributed by atoms with Crippen molar-refractivity contribution < 1.29 is 9.15 Å². The van der Waals surface area contributed by atoms with Crippen molar-refractivity contribution in [3.63, 3.8) is 0 Å². The van der Waals surface area contributed by atoms with Crippen LogP contribution < -0.4 is 4.74 Å². The van der Waals surface area contributed by atoms with Crippen LogP contribution in [0.4, 0.5) is 0 Å². The molecule has 0 bridgehead atoms. The van der Waals surface area contributed by atoms with Gasteiger partial charge in [0.2, 0.25) is 11.8 Å². The molecular formula is C29H30N4O2. The average molecular weight is 467 g/mol. The molecular weight excluding hydrogens is 436 g/mol. The molecule has 3 aromatic heterocycles. The van der Waals surface area contributed by atoms with Gasteiger partial charge in [-0.15, -0.1) is 0 Å². The molecule has 3 heterocycles. The Hall–Kier alpha value is -3.93. The lowest BCUT2D eigenvalue weighted by Crippen LogP contribution is -2.02. The number of oxazole rings is 1. The second kappa shape index (κ2) is 9.02. The molecule has 0 N–H and O–H groups in total. The summed E-state index contributed by atoms with van der Waals surface area (Å²) in [6.45, 7) is 12.6. The van der Waals surface area contributed by atoms with Crippen LogP contribution >= 0.6 is 0 Å². The quantitative estimate of drug-likeness (QED) is 0.277. The van der Waals surface area contributed by atoms with E-state index in [1.54, 1.807) is 0 Å². The molecule has 0 aliphatic heterocycles. The van der Waals surface area contributed by atoms with Crippen LogP contribution in [-0.4, -0.2) is 19.7 Å². The topological polar surface area (TPSA) is 66.0 Å². The largest absolute Gasteiger partial charge is 0.471 e. The van der Waals surface area contributed by atoms with Crippen LogP contribution in [0.2, 0.25) is 0 Å². The average Bonchev–Trinajstić information content (AvgIpc) is 3.39. The van der Waals surface area contributed by atoms with Crippen LogP contribution in [0.3, 0.4) is 0 Å². The van der Waals surface area contributed by atoms with Crippen LogP contribution in [0.25, 0.3) is 28.2 Å². The highest BCUT2D eigenvalue weighted by Gasteiger charge is 2.17. The van der Waals surface area contributed by atoms with Gasteiger partial charge in [0.05, 0.1) is 11.4 Å². The number of aryl methyl sites for hydroxylation is 6. The molecule has 6 heteroatoms. The van der Waals surface area contributed by atoms with E-state index < -0.39 is 0 Å². The van der Waals surface area contributed by atoms with Crippen molar-refractivity contribution in [3.05, 3.63) is 87.9 Å². The number of rotatable bonds is 6. The smallest absolute Gasteiger partial charge is 0.226 e. The second-order valence-electron chi connectivity index (χ2n) is 9.12. The van der Waals surface area contributed by atoms with Gasteiger partial charge < -0.3 is 9.15 Å². The number of benzene rings is 2. The molecule has 5 rings (SSSR count). The maximum atomic E-state index is 6.13. The number of hydrogen-bond acceptors (Lipinski definition) is 5. The molecule has 0 saturated carbocycles. The SMILES string of the molecule is CCc1ccc(-n2nc(C)c3c(C)cc(OCc4nc(-c5cc(C)ccc5C)oc4C)nc32)cc1. The van der Waals surface area contributed by atoms with Gasteiger partial charge in [-0.2, -0.15) is 10.1 Å². The predicted octanol–water partition coefficient (Wildman–Crippen LogP) is 6.76. The molecule has 0 aliphatic carbocycles. The third-order valence-electron chi connectivity index (χ3n) is 6.45. The van der Waals surface area contributed by atoms with Crippen molar-refractivity contribution in [1.29, 1.82) is 0 Å². The van der Waals surface area contributed by atoms with Crippen LogP contribution in [0.15, 0.2) is 52.9 Å². The van der Waals surface area contributed by atoms with E-state index in [0.717, 1.165) is 57.0 Å². The van der Waals surface area contributed by atoms with E-state index in [1.807, 2.05) is 24.6 Å². The molecule has 0 fully saturated rings. The predicted molar refractivity (Wildman–Crippen MR) is 138 cm³/mol. The van der Waals surface area contributed by atoms with E-state index in [2.05, 4.69) is 70.2 Å². The van der Waals surface area contributed by atoms with Crippen molar-refractivity contribution in [1.82, 2.24) is 19.7 Å². The third-order valence-corrected chi connectivity index (χ3v) is 6.45. The lowest BCUT2D eigenvalue weighted by molar-refractivity contribution is 0.288. The molecule has 5 aromatic rings. The van der Waals surface area contributed by atoms with E-state index in [4.69, 9.17) is 24.2 Å². The highest BCUT2D eigenvalue weighted by molar-refractivity contribution is 5.84. The summed E-state index contributed by atoms with van der Waals surface area (Å²) in [5.41, 5.74) is 9.14. The van der Waals surface area contributed by atoms with Crippen molar-refractivity contribution >= 4 is 11.0 Å². The number of ether oxygens (including phenoxy) is 1. The summed E-state index contributed by atoms with van der Waals surface area (Å²) < 4.78 is 14.0. The summed E-state index contributed by atoms with van der Waals surface area (Å²) in [7, 11) is 0. The minimum absolute atomic E-state index is 0.274. The Kier molecular flexibility index (Phi) is 5.89. The number of hydrogen-bond donors (Lipinski definition) is 0. The highest BCUT2D eigenvalue weighted by Crippen LogP contribution is 2.29. The number of nitrogens with zero attached hydrogens (tertiary/aromatic N) is 4. The summed E-state index contributed by atoms with van der Waals surface area (Å²) >= 11 is 0. The molecule has 0 unspecified atom stereocenters. The molecule has 0 amide bonds. The van der Waals surface area contributed by atoms with Gasteiger partial charge in [0.25, 0.3) is 0 Å². The molecule has 2 aromatic carbocycles. The monoisotopic (exact) mass is 466 g/mol. The van der Waals surface area contributed by atoms with Gasteiger partial charge >= 0.3 is 0 Å². The van der Waals surface area contributed by atoms with Gasteiger partial charge in [0, 0.05) is 17.0 Å². The van der Waals surface area contributed by atoms with E-state index >= 15 is 0 Å². The summed E-state index contributed by atoms with van der Waals surface area (Å²) in [6.07, 6.45) is 1.00. The zero-order valence-corrected chi connectivity index (χ0v) is 21.1. The molecule has 0 saturated heterocycles. The van der Waals surface area contributed by atoms with Crippen LogP contribution in [0, 0.1) is 34.6 Å². The summed E-state index contributed by atoms with van der Waals surface area (Å²) in [5.74, 6) is 1.90. The van der Waals surface area contributed by atoms with Crippen molar-refractivity contribution in [2.75, 3.05) is 0 Å². The van der Waals surface area contributed by atoms with Crippen molar-refractivity contribution in [3.8, 4) is 23.0 Å². The zero-order valence-electron chi connectivity index (χ0n) is 21.1. The van der Waals surface area contributed by atoms with Crippen LogP contribution in [0.1, 0.15) is 46.3 Å². The highest BCUT2D eigenvalue weighted by atomic mass is 16.5. The van der Waals surface area contributed by atoms with Gasteiger partial charge in [-0.3, -0.25) is 0 Å². The molecule has 0 spiro atoms. The third kappa shape index (κ3) is 4.32. The van der Waals surface area contributed by atoms with E-state index in [9.17, 15) is 0 Å². The Morgan fingerprint density at radius 3 is 2.40 bits per heavy atom. The first-order valence-corrected chi connectivity index (χ1v) is 12.0. The fourth-order valence-electron chi connectivity index (χ4n) is 4.39. The normalized spacial score (nSPS) is 11.4. The maximum absolute atomic E-state index is 6.13. The van der Waals surface area contributed by atoms with E-state index in [-0.39, 0.29) is 6.61 Å². The van der Waals surface area contributed by atoms with E-state index in [0.29, 0.717) is 11.8 Å². The lowest BCUT2D eigenvalue weighted by Gasteiger charge is -2.08. The van der Waals surface area contributed by atoms with Crippen LogP contribution in [0.5, 0.6) is 5.88 Å². The standard InChI is InChI=1S/C29H30N4O2/c1-7-22-10-12-23(13-11-22)33-28-27(20(5)32-33)19(4)15-26(31-28)34-16-25-21(6)35-29(30-25)24-14-17(2)8-9-18(24)3/h8-15H,7,16H2,1-6H3. The Morgan fingerprint density at radius 2 is 1.66 bits per heavy atom. The van der Waals surface area contributed by atoms with Gasteiger partial charge in [-0.1, -0.05) is 36.8 Å². The second-order valence-corrected chi connectivity index (χ2v) is 9.12. The molecule has 178 valence electrons. The molecule has 0 aliphatic rings. The number of pyridine rings is 1. The summed E-state index contributed by atoms with van der Waals surface area (Å²) in [5, 5.41) is 5.82. The maximum Gasteiger partial charge on any atom is 0.226 e. The molecule has 0 atom stereocenters. The molecule has 0 radical (unpaired) electrons. The lowest BCUT2D eigenvalue weighted by atomic mass is 10.1. The molecule has 35 heavy (non-hydrogen) atoms. The zero-order chi connectivity index (χ0) is 24.7. The Balaban J connectivity index is 1.45. The minimum Gasteiger partial charge on any atom is -0.471 e. The van der Waals surface area contributed by atoms with Gasteiger partial charge in [0.15, 0.2) is 5.65 Å². The Morgan fingerprint density at radius 1 is 0.886 bits per heavy atom. The van der Waals surface area contributed by atoms with Crippen molar-refractivity contribution in [2.24, 2.45) is 0 Å². The Labute approximate surface area is 205 Å². The van der Waals surface area contributed by atoms with Gasteiger partial charge in [-0.05, 0) is 75.9 Å². The summed E-state index contributed by atoms with van der Waals surface area (Å²) in [4.78, 5) is 9.56. The van der Waals surface area contributed by atoms with Gasteiger partial charge in [-0.25, -0.2) is 9.67 Å². The van der Waals surface area contributed by atoms with E-state index in [1.165, 1.54) is 11.1 Å². The van der Waals surface area contributed by atoms with Crippen molar-refractivity contribution in [2.45, 2.75) is 54.6 Å². The first-order valence-electron chi connectivity index (χ1n) is 12.0.